The Morgan fingerprint density at radius 1 is 1.00 bits per heavy atom. The van der Waals surface area contributed by atoms with Crippen LogP contribution in [0.1, 0.15) is 32.0 Å². The SMILES string of the molecule is CC(C)(C)c1cc(NC(=O)CN(CCc2ccccc2)S(=O)(=O)c2ccc(Br)cc2)n(-c2ccccc2Cl)n1. The predicted molar refractivity (Wildman–Crippen MR) is 159 cm³/mol. The molecule has 0 radical (unpaired) electrons. The van der Waals surface area contributed by atoms with Gasteiger partial charge in [-0.15, -0.1) is 0 Å². The molecular formula is C29H30BrClN4O3S. The monoisotopic (exact) mass is 628 g/mol. The van der Waals surface area contributed by atoms with E-state index in [2.05, 4.69) is 21.2 Å². The van der Waals surface area contributed by atoms with Crippen LogP contribution in [0.2, 0.25) is 5.02 Å². The predicted octanol–water partition coefficient (Wildman–Crippen LogP) is 6.46. The first-order valence-corrected chi connectivity index (χ1v) is 15.0. The van der Waals surface area contributed by atoms with Crippen LogP contribution in [-0.2, 0) is 26.7 Å². The minimum absolute atomic E-state index is 0.114. The largest absolute Gasteiger partial charge is 0.309 e. The second-order valence-electron chi connectivity index (χ2n) is 10.1. The summed E-state index contributed by atoms with van der Waals surface area (Å²) in [6.07, 6.45) is 0.454. The van der Waals surface area contributed by atoms with Crippen molar-refractivity contribution in [2.45, 2.75) is 37.5 Å². The summed E-state index contributed by atoms with van der Waals surface area (Å²) < 4.78 is 30.8. The smallest absolute Gasteiger partial charge is 0.243 e. The number of anilines is 1. The van der Waals surface area contributed by atoms with Gasteiger partial charge in [0, 0.05) is 22.5 Å². The van der Waals surface area contributed by atoms with E-state index in [1.807, 2.05) is 69.3 Å². The summed E-state index contributed by atoms with van der Waals surface area (Å²) in [6.45, 7) is 5.83. The number of nitrogens with one attached hydrogen (secondary N) is 1. The Balaban J connectivity index is 1.64. The number of aromatic nitrogens is 2. The Kier molecular flexibility index (Phi) is 8.96. The number of nitrogens with zero attached hydrogens (tertiary/aromatic N) is 3. The van der Waals surface area contributed by atoms with Gasteiger partial charge in [0.2, 0.25) is 15.9 Å². The van der Waals surface area contributed by atoms with E-state index in [9.17, 15) is 13.2 Å². The molecule has 0 saturated heterocycles. The molecule has 0 bridgehead atoms. The van der Waals surface area contributed by atoms with Crippen LogP contribution >= 0.6 is 27.5 Å². The summed E-state index contributed by atoms with van der Waals surface area (Å²) >= 11 is 9.79. The van der Waals surface area contributed by atoms with Gasteiger partial charge < -0.3 is 5.32 Å². The first-order chi connectivity index (χ1) is 18.4. The summed E-state index contributed by atoms with van der Waals surface area (Å²) in [6, 6.07) is 24.9. The van der Waals surface area contributed by atoms with E-state index in [0.29, 0.717) is 22.9 Å². The van der Waals surface area contributed by atoms with Crippen molar-refractivity contribution in [2.24, 2.45) is 0 Å². The van der Waals surface area contributed by atoms with Crippen molar-refractivity contribution >= 4 is 49.3 Å². The van der Waals surface area contributed by atoms with Crippen LogP contribution in [0, 0.1) is 0 Å². The molecule has 39 heavy (non-hydrogen) atoms. The fourth-order valence-electron chi connectivity index (χ4n) is 3.92. The zero-order chi connectivity index (χ0) is 28.2. The van der Waals surface area contributed by atoms with Crippen molar-refractivity contribution in [1.29, 1.82) is 0 Å². The first-order valence-electron chi connectivity index (χ1n) is 12.4. The molecule has 3 aromatic carbocycles. The Morgan fingerprint density at radius 2 is 1.64 bits per heavy atom. The zero-order valence-electron chi connectivity index (χ0n) is 21.9. The third kappa shape index (κ3) is 7.16. The Bertz CT molecular complexity index is 1550. The Hall–Kier alpha value is -2.98. The van der Waals surface area contributed by atoms with E-state index in [0.717, 1.165) is 15.7 Å². The molecule has 7 nitrogen and oxygen atoms in total. The maximum atomic E-state index is 13.6. The number of rotatable bonds is 9. The van der Waals surface area contributed by atoms with Crippen LogP contribution in [0.4, 0.5) is 5.82 Å². The quantitative estimate of drug-likeness (QED) is 0.230. The van der Waals surface area contributed by atoms with Gasteiger partial charge in [-0.05, 0) is 48.4 Å². The van der Waals surface area contributed by atoms with Crippen molar-refractivity contribution in [3.63, 3.8) is 0 Å². The minimum atomic E-state index is -3.95. The van der Waals surface area contributed by atoms with Crippen molar-refractivity contribution in [3.05, 3.63) is 106 Å². The molecule has 0 atom stereocenters. The number of sulfonamides is 1. The molecular weight excluding hydrogens is 600 g/mol. The van der Waals surface area contributed by atoms with Crippen LogP contribution in [0.3, 0.4) is 0 Å². The highest BCUT2D eigenvalue weighted by Gasteiger charge is 2.28. The molecule has 10 heteroatoms. The molecule has 4 rings (SSSR count). The van der Waals surface area contributed by atoms with Gasteiger partial charge in [0.1, 0.15) is 5.82 Å². The van der Waals surface area contributed by atoms with Gasteiger partial charge in [-0.2, -0.15) is 9.40 Å². The second kappa shape index (κ2) is 12.0. The molecule has 0 saturated carbocycles. The molecule has 0 aliphatic heterocycles. The highest BCUT2D eigenvalue weighted by atomic mass is 79.9. The molecule has 0 fully saturated rings. The van der Waals surface area contributed by atoms with E-state index < -0.39 is 15.9 Å². The molecule has 0 aliphatic rings. The van der Waals surface area contributed by atoms with E-state index >= 15 is 0 Å². The third-order valence-corrected chi connectivity index (χ3v) is 8.80. The lowest BCUT2D eigenvalue weighted by Crippen LogP contribution is -2.39. The average Bonchev–Trinajstić information content (AvgIpc) is 3.31. The van der Waals surface area contributed by atoms with Crippen LogP contribution in [0.15, 0.2) is 94.3 Å². The van der Waals surface area contributed by atoms with Crippen molar-refractivity contribution in [3.8, 4) is 5.69 Å². The minimum Gasteiger partial charge on any atom is -0.309 e. The van der Waals surface area contributed by atoms with Crippen LogP contribution in [-0.4, -0.2) is 41.5 Å². The molecule has 1 N–H and O–H groups in total. The topological polar surface area (TPSA) is 84.3 Å². The molecule has 1 heterocycles. The lowest BCUT2D eigenvalue weighted by atomic mass is 9.92. The highest BCUT2D eigenvalue weighted by Crippen LogP contribution is 2.29. The van der Waals surface area contributed by atoms with Gasteiger partial charge in [-0.3, -0.25) is 4.79 Å². The maximum absolute atomic E-state index is 13.6. The van der Waals surface area contributed by atoms with E-state index in [4.69, 9.17) is 16.7 Å². The molecule has 0 spiro atoms. The van der Waals surface area contributed by atoms with E-state index in [1.54, 1.807) is 28.9 Å². The molecule has 0 unspecified atom stereocenters. The number of amides is 1. The standard InChI is InChI=1S/C29H30BrClN4O3S/c1-29(2,3)26-19-27(35(33-26)25-12-8-7-11-24(25)31)32-28(36)20-34(18-17-21-9-5-4-6-10-21)39(37,38)23-15-13-22(30)14-16-23/h4-16,19H,17-18,20H2,1-3H3,(H,32,36). The fraction of sp³-hybridized carbons (Fsp3) is 0.241. The van der Waals surface area contributed by atoms with Gasteiger partial charge >= 0.3 is 0 Å². The van der Waals surface area contributed by atoms with Crippen molar-refractivity contribution in [2.75, 3.05) is 18.4 Å². The Labute approximate surface area is 243 Å². The normalized spacial score (nSPS) is 12.1. The van der Waals surface area contributed by atoms with Crippen molar-refractivity contribution < 1.29 is 13.2 Å². The van der Waals surface area contributed by atoms with Gasteiger partial charge in [0.15, 0.2) is 0 Å². The number of carbonyl (C=O) groups is 1. The van der Waals surface area contributed by atoms with Gasteiger partial charge in [-0.1, -0.05) is 90.8 Å². The fourth-order valence-corrected chi connectivity index (χ4v) is 5.80. The van der Waals surface area contributed by atoms with E-state index in [1.165, 1.54) is 16.4 Å². The lowest BCUT2D eigenvalue weighted by Gasteiger charge is -2.22. The summed E-state index contributed by atoms with van der Waals surface area (Å²) in [5, 5.41) is 8.06. The van der Waals surface area contributed by atoms with Gasteiger partial charge in [0.25, 0.3) is 0 Å². The summed E-state index contributed by atoms with van der Waals surface area (Å²) in [5.41, 5.74) is 2.04. The summed E-state index contributed by atoms with van der Waals surface area (Å²) in [7, 11) is -3.95. The zero-order valence-corrected chi connectivity index (χ0v) is 25.1. The second-order valence-corrected chi connectivity index (χ2v) is 13.4. The summed E-state index contributed by atoms with van der Waals surface area (Å²) in [4.78, 5) is 13.5. The average molecular weight is 630 g/mol. The van der Waals surface area contributed by atoms with Gasteiger partial charge in [-0.25, -0.2) is 13.1 Å². The lowest BCUT2D eigenvalue weighted by molar-refractivity contribution is -0.116. The number of hydrogen-bond donors (Lipinski definition) is 1. The number of halogens is 2. The maximum Gasteiger partial charge on any atom is 0.243 e. The van der Waals surface area contributed by atoms with Gasteiger partial charge in [0.05, 0.1) is 27.8 Å². The molecule has 0 aliphatic carbocycles. The Morgan fingerprint density at radius 3 is 2.28 bits per heavy atom. The number of benzene rings is 3. The van der Waals surface area contributed by atoms with Crippen LogP contribution in [0.25, 0.3) is 5.69 Å². The number of hydrogen-bond acceptors (Lipinski definition) is 4. The van der Waals surface area contributed by atoms with Crippen LogP contribution < -0.4 is 5.32 Å². The number of para-hydroxylation sites is 1. The number of carbonyl (C=O) groups excluding carboxylic acids is 1. The molecule has 204 valence electrons. The van der Waals surface area contributed by atoms with Crippen molar-refractivity contribution in [1.82, 2.24) is 14.1 Å². The molecule has 1 amide bonds. The summed E-state index contributed by atoms with van der Waals surface area (Å²) in [5.74, 6) is -0.0838. The molecule has 4 aromatic rings. The first kappa shape index (κ1) is 29.0. The molecule has 1 aromatic heterocycles. The third-order valence-electron chi connectivity index (χ3n) is 6.09. The van der Waals surface area contributed by atoms with Crippen LogP contribution in [0.5, 0.6) is 0 Å². The van der Waals surface area contributed by atoms with E-state index in [-0.39, 0.29) is 23.4 Å². The highest BCUT2D eigenvalue weighted by molar-refractivity contribution is 9.10.